The predicted molar refractivity (Wildman–Crippen MR) is 142 cm³/mol. The molecule has 3 aromatic carbocycles. The molecule has 3 amide bonds. The summed E-state index contributed by atoms with van der Waals surface area (Å²) in [4.78, 5) is 36.2. The summed E-state index contributed by atoms with van der Waals surface area (Å²) in [6.45, 7) is -0.402. The van der Waals surface area contributed by atoms with Gasteiger partial charge < -0.3 is 20.1 Å². The molecule has 0 atom stereocenters. The van der Waals surface area contributed by atoms with Crippen LogP contribution in [0.1, 0.15) is 5.56 Å². The average Bonchev–Trinajstić information content (AvgIpc) is 2.87. The Morgan fingerprint density at radius 3 is 2.51 bits per heavy atom. The van der Waals surface area contributed by atoms with Crippen LogP contribution in [0.25, 0.3) is 0 Å². The number of methoxy groups -OCH3 is 1. The number of benzene rings is 3. The topological polar surface area (TPSA) is 118 Å². The first-order valence-corrected chi connectivity index (χ1v) is 11.9. The van der Waals surface area contributed by atoms with Gasteiger partial charge in [0.2, 0.25) is 0 Å². The summed E-state index contributed by atoms with van der Waals surface area (Å²) in [5, 5.41) is 8.81. The third-order valence-corrected chi connectivity index (χ3v) is 5.85. The predicted octanol–water partition coefficient (Wildman–Crippen LogP) is 5.01. The van der Waals surface area contributed by atoms with Gasteiger partial charge in [-0.1, -0.05) is 45.2 Å². The number of halogens is 4. The van der Waals surface area contributed by atoms with Crippen molar-refractivity contribution in [2.45, 2.75) is 0 Å². The Kier molecular flexibility index (Phi) is 9.84. The highest BCUT2D eigenvalue weighted by molar-refractivity contribution is 9.10. The molecule has 0 aromatic heterocycles. The number of rotatable bonds is 8. The lowest BCUT2D eigenvalue weighted by Crippen LogP contribution is -2.32. The van der Waals surface area contributed by atoms with Crippen LogP contribution in [0, 0.1) is 5.82 Å². The summed E-state index contributed by atoms with van der Waals surface area (Å²) in [5.41, 5.74) is 2.77. The number of nitrogens with zero attached hydrogens (tertiary/aromatic N) is 1. The molecule has 0 spiro atoms. The largest absolute Gasteiger partial charge is 0.493 e. The molecule has 192 valence electrons. The molecule has 0 aliphatic heterocycles. The molecule has 3 rings (SSSR count). The Labute approximate surface area is 229 Å². The van der Waals surface area contributed by atoms with Gasteiger partial charge in [0.15, 0.2) is 18.1 Å². The minimum atomic E-state index is -1.03. The van der Waals surface area contributed by atoms with Gasteiger partial charge in [-0.3, -0.25) is 14.4 Å². The summed E-state index contributed by atoms with van der Waals surface area (Å²) in [5.74, 6) is -2.69. The average molecular weight is 612 g/mol. The first kappa shape index (κ1) is 27.9. The van der Waals surface area contributed by atoms with E-state index in [1.807, 2.05) is 0 Å². The highest BCUT2D eigenvalue weighted by Crippen LogP contribution is 2.29. The van der Waals surface area contributed by atoms with E-state index in [2.05, 4.69) is 37.1 Å². The fraction of sp³-hybridized carbons (Fsp3) is 0.0833. The van der Waals surface area contributed by atoms with E-state index in [0.29, 0.717) is 10.0 Å². The van der Waals surface area contributed by atoms with Crippen LogP contribution < -0.4 is 25.5 Å². The summed E-state index contributed by atoms with van der Waals surface area (Å²) in [6, 6.07) is 13.4. The van der Waals surface area contributed by atoms with E-state index in [0.717, 1.165) is 0 Å². The Morgan fingerprint density at radius 1 is 1.00 bits per heavy atom. The van der Waals surface area contributed by atoms with Crippen molar-refractivity contribution in [2.75, 3.05) is 24.4 Å². The minimum Gasteiger partial charge on any atom is -0.493 e. The lowest BCUT2D eigenvalue weighted by Gasteiger charge is -2.12. The monoisotopic (exact) mass is 610 g/mol. The third kappa shape index (κ3) is 7.91. The van der Waals surface area contributed by atoms with E-state index in [9.17, 15) is 18.8 Å². The van der Waals surface area contributed by atoms with Crippen molar-refractivity contribution in [3.63, 3.8) is 0 Å². The number of hydrazone groups is 1. The molecule has 0 bridgehead atoms. The summed E-state index contributed by atoms with van der Waals surface area (Å²) in [6.07, 6.45) is 1.27. The first-order valence-electron chi connectivity index (χ1n) is 10.3. The number of carbonyl (C=O) groups is 3. The second-order valence-electron chi connectivity index (χ2n) is 7.13. The number of hydrogen-bond acceptors (Lipinski definition) is 6. The molecule has 13 heteroatoms. The van der Waals surface area contributed by atoms with Crippen LogP contribution in [-0.4, -0.2) is 37.7 Å². The molecule has 0 aliphatic rings. The maximum absolute atomic E-state index is 13.9. The number of amides is 3. The Morgan fingerprint density at radius 2 is 1.78 bits per heavy atom. The second-order valence-corrected chi connectivity index (χ2v) is 8.83. The second kappa shape index (κ2) is 13.0. The highest BCUT2D eigenvalue weighted by Gasteiger charge is 2.16. The van der Waals surface area contributed by atoms with Gasteiger partial charge in [0.05, 0.1) is 34.7 Å². The van der Waals surface area contributed by atoms with E-state index in [-0.39, 0.29) is 32.9 Å². The normalized spacial score (nSPS) is 10.6. The minimum absolute atomic E-state index is 0.0155. The summed E-state index contributed by atoms with van der Waals surface area (Å²) in [7, 11) is 1.40. The van der Waals surface area contributed by atoms with Gasteiger partial charge in [-0.25, -0.2) is 9.82 Å². The van der Waals surface area contributed by atoms with E-state index in [1.165, 1.54) is 49.7 Å². The van der Waals surface area contributed by atoms with Crippen molar-refractivity contribution in [3.8, 4) is 11.5 Å². The molecule has 3 N–H and O–H groups in total. The maximum Gasteiger partial charge on any atom is 0.329 e. The molecule has 0 saturated heterocycles. The van der Waals surface area contributed by atoms with Crippen molar-refractivity contribution in [2.24, 2.45) is 5.10 Å². The van der Waals surface area contributed by atoms with Crippen molar-refractivity contribution < 1.29 is 28.2 Å². The van der Waals surface area contributed by atoms with Gasteiger partial charge in [0, 0.05) is 4.47 Å². The molecule has 37 heavy (non-hydrogen) atoms. The van der Waals surface area contributed by atoms with Crippen molar-refractivity contribution in [3.05, 3.63) is 80.5 Å². The van der Waals surface area contributed by atoms with Crippen LogP contribution in [0.5, 0.6) is 11.5 Å². The molecule has 0 saturated carbocycles. The Bertz CT molecular complexity index is 1370. The van der Waals surface area contributed by atoms with Crippen LogP contribution in [0.15, 0.2) is 64.2 Å². The molecule has 9 nitrogen and oxygen atoms in total. The molecule has 0 aliphatic carbocycles. The van der Waals surface area contributed by atoms with Crippen LogP contribution in [-0.2, 0) is 14.4 Å². The molecule has 0 fully saturated rings. The standard InChI is InChI=1S/C24H18BrCl2FN4O5/c1-36-20-9-13(11-29-32-24(35)23(34)31-18-4-2-3-15(26)22(18)27)5-8-19(20)37-12-21(33)30-17-7-6-14(25)10-16(17)28/h2-11H,12H2,1H3,(H,30,33)(H,31,34)(H,32,35)/b29-11-. The van der Waals surface area contributed by atoms with Crippen molar-refractivity contribution >= 4 is 74.4 Å². The van der Waals surface area contributed by atoms with Crippen LogP contribution in [0.3, 0.4) is 0 Å². The van der Waals surface area contributed by atoms with Gasteiger partial charge in [0.25, 0.3) is 5.91 Å². The highest BCUT2D eigenvalue weighted by atomic mass is 79.9. The van der Waals surface area contributed by atoms with Crippen LogP contribution in [0.2, 0.25) is 10.0 Å². The van der Waals surface area contributed by atoms with E-state index in [4.69, 9.17) is 32.7 Å². The van der Waals surface area contributed by atoms with Crippen molar-refractivity contribution in [1.29, 1.82) is 0 Å². The third-order valence-electron chi connectivity index (χ3n) is 4.54. The van der Waals surface area contributed by atoms with E-state index >= 15 is 0 Å². The van der Waals surface area contributed by atoms with Crippen LogP contribution in [0.4, 0.5) is 15.8 Å². The number of anilines is 2. The fourth-order valence-corrected chi connectivity index (χ4v) is 3.48. The molecule has 0 unspecified atom stereocenters. The Balaban J connectivity index is 1.55. The Hall–Kier alpha value is -3.67. The zero-order valence-electron chi connectivity index (χ0n) is 19.0. The molecule has 0 radical (unpaired) electrons. The van der Waals surface area contributed by atoms with Gasteiger partial charge in [-0.05, 0) is 54.1 Å². The van der Waals surface area contributed by atoms with Gasteiger partial charge in [-0.15, -0.1) is 0 Å². The summed E-state index contributed by atoms with van der Waals surface area (Å²) < 4.78 is 25.2. The van der Waals surface area contributed by atoms with E-state index < -0.39 is 30.1 Å². The first-order chi connectivity index (χ1) is 17.7. The number of nitrogens with one attached hydrogen (secondary N) is 3. The zero-order valence-corrected chi connectivity index (χ0v) is 22.1. The van der Waals surface area contributed by atoms with Gasteiger partial charge >= 0.3 is 11.8 Å². The number of carbonyl (C=O) groups excluding carboxylic acids is 3. The number of hydrogen-bond donors (Lipinski definition) is 3. The zero-order chi connectivity index (χ0) is 26.9. The molecule has 3 aromatic rings. The lowest BCUT2D eigenvalue weighted by molar-refractivity contribution is -0.136. The maximum atomic E-state index is 13.9. The van der Waals surface area contributed by atoms with Crippen LogP contribution >= 0.6 is 39.1 Å². The lowest BCUT2D eigenvalue weighted by atomic mass is 10.2. The van der Waals surface area contributed by atoms with Gasteiger partial charge in [-0.2, -0.15) is 5.10 Å². The number of ether oxygens (including phenoxy) is 2. The smallest absolute Gasteiger partial charge is 0.329 e. The summed E-state index contributed by atoms with van der Waals surface area (Å²) >= 11 is 15.0. The molecule has 0 heterocycles. The molecular formula is C24H18BrCl2FN4O5. The molecular weight excluding hydrogens is 594 g/mol. The fourth-order valence-electron chi connectivity index (χ4n) is 2.80. The van der Waals surface area contributed by atoms with Gasteiger partial charge in [0.1, 0.15) is 5.82 Å². The quantitative estimate of drug-likeness (QED) is 0.188. The van der Waals surface area contributed by atoms with Crippen molar-refractivity contribution in [1.82, 2.24) is 5.43 Å². The van der Waals surface area contributed by atoms with E-state index in [1.54, 1.807) is 18.2 Å². The SMILES string of the molecule is COc1cc(/C=N\NC(=O)C(=O)Nc2cccc(Cl)c2Cl)ccc1OCC(=O)Nc1ccc(Br)cc1F.